The highest BCUT2D eigenvalue weighted by molar-refractivity contribution is 9.10. The summed E-state index contributed by atoms with van der Waals surface area (Å²) in [5.41, 5.74) is 0.0422. The van der Waals surface area contributed by atoms with E-state index >= 15 is 0 Å². The molecule has 0 aliphatic heterocycles. The first-order valence-corrected chi connectivity index (χ1v) is 10.4. The Labute approximate surface area is 205 Å². The lowest BCUT2D eigenvalue weighted by atomic mass is 10.1. The zero-order chi connectivity index (χ0) is 25.5. The van der Waals surface area contributed by atoms with E-state index < -0.39 is 21.7 Å². The molecule has 1 amide bonds. The molecule has 0 heterocycles. The van der Waals surface area contributed by atoms with Gasteiger partial charge in [-0.1, -0.05) is 18.2 Å². The van der Waals surface area contributed by atoms with Gasteiger partial charge in [0.2, 0.25) is 0 Å². The second kappa shape index (κ2) is 10.8. The number of carbonyl (C=O) groups excluding carboxylic acids is 2. The Morgan fingerprint density at radius 1 is 0.971 bits per heavy atom. The highest BCUT2D eigenvalue weighted by Gasteiger charge is 2.15. The highest BCUT2D eigenvalue weighted by Crippen LogP contribution is 2.27. The van der Waals surface area contributed by atoms with Crippen LogP contribution in [0.25, 0.3) is 6.08 Å². The molecule has 0 aromatic heterocycles. The molecule has 0 saturated heterocycles. The van der Waals surface area contributed by atoms with Crippen LogP contribution in [-0.4, -0.2) is 21.7 Å². The van der Waals surface area contributed by atoms with Crippen molar-refractivity contribution in [2.24, 2.45) is 0 Å². The lowest BCUT2D eigenvalue weighted by Gasteiger charge is -2.07. The number of rotatable bonds is 7. The molecular weight excluding hydrogens is 524 g/mol. The fourth-order valence-electron chi connectivity index (χ4n) is 2.77. The van der Waals surface area contributed by atoms with Gasteiger partial charge in [-0.25, -0.2) is 4.79 Å². The summed E-state index contributed by atoms with van der Waals surface area (Å²) in [4.78, 5) is 45.2. The van der Waals surface area contributed by atoms with Gasteiger partial charge in [0, 0.05) is 28.7 Å². The summed E-state index contributed by atoms with van der Waals surface area (Å²) in [5.74, 6) is -1.37. The number of non-ortho nitro benzene ring substituents is 2. The van der Waals surface area contributed by atoms with Crippen LogP contribution in [0.1, 0.15) is 15.9 Å². The minimum Gasteiger partial charge on any atom is -0.423 e. The average molecular weight is 537 g/mol. The largest absolute Gasteiger partial charge is 0.423 e. The van der Waals surface area contributed by atoms with Crippen LogP contribution in [0.15, 0.2) is 76.8 Å². The predicted molar refractivity (Wildman–Crippen MR) is 128 cm³/mol. The minimum atomic E-state index is -0.789. The monoisotopic (exact) mass is 536 g/mol. The van der Waals surface area contributed by atoms with Gasteiger partial charge in [0.15, 0.2) is 0 Å². The van der Waals surface area contributed by atoms with Gasteiger partial charge in [0.05, 0.1) is 21.1 Å². The minimum absolute atomic E-state index is 0.00372. The van der Waals surface area contributed by atoms with Crippen LogP contribution in [0.5, 0.6) is 5.75 Å². The third-order valence-electron chi connectivity index (χ3n) is 4.47. The van der Waals surface area contributed by atoms with Gasteiger partial charge in [-0.05, 0) is 51.8 Å². The molecule has 0 atom stereocenters. The molecule has 11 nitrogen and oxygen atoms in total. The van der Waals surface area contributed by atoms with Gasteiger partial charge >= 0.3 is 5.97 Å². The van der Waals surface area contributed by atoms with Crippen molar-refractivity contribution < 1.29 is 24.2 Å². The molecule has 0 aliphatic carbocycles. The molecule has 0 saturated carbocycles. The number of ether oxygens (including phenoxy) is 1. The van der Waals surface area contributed by atoms with Gasteiger partial charge in [-0.2, -0.15) is 5.26 Å². The summed E-state index contributed by atoms with van der Waals surface area (Å²) in [6.45, 7) is 0. The van der Waals surface area contributed by atoms with Gasteiger partial charge in [0.1, 0.15) is 17.4 Å². The Morgan fingerprint density at radius 3 is 2.23 bits per heavy atom. The molecule has 0 radical (unpaired) electrons. The fourth-order valence-corrected chi connectivity index (χ4v) is 3.23. The van der Waals surface area contributed by atoms with Crippen LogP contribution in [0.4, 0.5) is 17.1 Å². The standard InChI is InChI=1S/C23H13BrN4O7/c24-20-12-18(28(33)34)6-9-21(20)26-22(29)16(13-25)10-14-4-7-19(8-5-14)35-23(30)15-2-1-3-17(11-15)27(31)32/h1-12H,(H,26,29). The number of carbonyl (C=O) groups is 2. The second-order valence-electron chi connectivity index (χ2n) is 6.81. The summed E-state index contributed by atoms with van der Waals surface area (Å²) < 4.78 is 5.48. The van der Waals surface area contributed by atoms with E-state index in [9.17, 15) is 35.1 Å². The number of hydrogen-bond donors (Lipinski definition) is 1. The van der Waals surface area contributed by atoms with Crippen molar-refractivity contribution in [2.45, 2.75) is 0 Å². The van der Waals surface area contributed by atoms with Gasteiger partial charge in [-0.15, -0.1) is 0 Å². The van der Waals surface area contributed by atoms with E-state index in [1.54, 1.807) is 6.07 Å². The number of nitro benzene ring substituents is 2. The van der Waals surface area contributed by atoms with E-state index in [1.165, 1.54) is 66.7 Å². The third kappa shape index (κ3) is 6.34. The van der Waals surface area contributed by atoms with Crippen molar-refractivity contribution in [1.82, 2.24) is 0 Å². The fraction of sp³-hybridized carbons (Fsp3) is 0. The van der Waals surface area contributed by atoms with Crippen molar-refractivity contribution in [3.05, 3.63) is 108 Å². The molecule has 3 aromatic rings. The molecule has 3 aromatic carbocycles. The molecule has 0 fully saturated rings. The van der Waals surface area contributed by atoms with Crippen LogP contribution in [-0.2, 0) is 4.79 Å². The van der Waals surface area contributed by atoms with E-state index in [0.717, 1.165) is 6.07 Å². The maximum atomic E-state index is 12.5. The maximum absolute atomic E-state index is 12.5. The SMILES string of the molecule is N#CC(=Cc1ccc(OC(=O)c2cccc([N+](=O)[O-])c2)cc1)C(=O)Nc1ccc([N+](=O)[O-])cc1Br. The normalized spacial score (nSPS) is 10.7. The molecule has 0 spiro atoms. The second-order valence-corrected chi connectivity index (χ2v) is 7.67. The molecule has 174 valence electrons. The molecule has 0 bridgehead atoms. The highest BCUT2D eigenvalue weighted by atomic mass is 79.9. The number of nitrogens with zero attached hydrogens (tertiary/aromatic N) is 3. The Morgan fingerprint density at radius 2 is 1.63 bits per heavy atom. The molecule has 35 heavy (non-hydrogen) atoms. The lowest BCUT2D eigenvalue weighted by molar-refractivity contribution is -0.385. The molecular formula is C23H13BrN4O7. The van der Waals surface area contributed by atoms with Gasteiger partial charge in [0.25, 0.3) is 17.3 Å². The van der Waals surface area contributed by atoms with E-state index in [-0.39, 0.29) is 38.4 Å². The number of amides is 1. The number of nitro groups is 2. The number of benzene rings is 3. The van der Waals surface area contributed by atoms with Crippen LogP contribution < -0.4 is 10.1 Å². The molecule has 0 unspecified atom stereocenters. The number of nitrogens with one attached hydrogen (secondary N) is 1. The van der Waals surface area contributed by atoms with Gasteiger partial charge in [-0.3, -0.25) is 25.0 Å². The van der Waals surface area contributed by atoms with Crippen molar-refractivity contribution >= 4 is 50.9 Å². The van der Waals surface area contributed by atoms with Crippen molar-refractivity contribution in [3.63, 3.8) is 0 Å². The van der Waals surface area contributed by atoms with Crippen LogP contribution in [0.2, 0.25) is 0 Å². The quantitative estimate of drug-likeness (QED) is 0.109. The average Bonchev–Trinajstić information content (AvgIpc) is 2.84. The smallest absolute Gasteiger partial charge is 0.343 e. The lowest BCUT2D eigenvalue weighted by Crippen LogP contribution is -2.14. The number of halogens is 1. The number of nitriles is 1. The predicted octanol–water partition coefficient (Wildman–Crippen LogP) is 5.03. The first-order valence-electron chi connectivity index (χ1n) is 9.61. The van der Waals surface area contributed by atoms with E-state index in [0.29, 0.717) is 5.56 Å². The number of anilines is 1. The van der Waals surface area contributed by atoms with Crippen LogP contribution >= 0.6 is 15.9 Å². The van der Waals surface area contributed by atoms with Crippen molar-refractivity contribution in [1.29, 1.82) is 5.26 Å². The summed E-state index contributed by atoms with van der Waals surface area (Å²) in [5, 5.41) is 33.6. The first kappa shape index (κ1) is 24.7. The third-order valence-corrected chi connectivity index (χ3v) is 5.13. The van der Waals surface area contributed by atoms with Gasteiger partial charge < -0.3 is 10.1 Å². The van der Waals surface area contributed by atoms with E-state index in [1.807, 2.05) is 0 Å². The topological polar surface area (TPSA) is 165 Å². The molecule has 3 rings (SSSR count). The van der Waals surface area contributed by atoms with Crippen LogP contribution in [0.3, 0.4) is 0 Å². The van der Waals surface area contributed by atoms with E-state index in [2.05, 4.69) is 21.2 Å². The number of hydrogen-bond acceptors (Lipinski definition) is 8. The Bertz CT molecular complexity index is 1410. The molecule has 0 aliphatic rings. The van der Waals surface area contributed by atoms with E-state index in [4.69, 9.17) is 4.74 Å². The first-order chi connectivity index (χ1) is 16.7. The summed E-state index contributed by atoms with van der Waals surface area (Å²) >= 11 is 3.14. The summed E-state index contributed by atoms with van der Waals surface area (Å²) in [7, 11) is 0. The van der Waals surface area contributed by atoms with Crippen molar-refractivity contribution in [3.8, 4) is 11.8 Å². The Balaban J connectivity index is 1.71. The maximum Gasteiger partial charge on any atom is 0.343 e. The summed E-state index contributed by atoms with van der Waals surface area (Å²) in [6, 6.07) is 16.5. The van der Waals surface area contributed by atoms with Crippen molar-refractivity contribution in [2.75, 3.05) is 5.32 Å². The summed E-state index contributed by atoms with van der Waals surface area (Å²) in [6.07, 6.45) is 1.31. The number of esters is 1. The molecule has 1 N–H and O–H groups in total. The zero-order valence-corrected chi connectivity index (χ0v) is 19.1. The molecule has 12 heteroatoms. The zero-order valence-electron chi connectivity index (χ0n) is 17.5. The Kier molecular flexibility index (Phi) is 7.65. The van der Waals surface area contributed by atoms with Crippen LogP contribution in [0, 0.1) is 31.6 Å². The Hall–Kier alpha value is -4.89.